The van der Waals surface area contributed by atoms with Crippen molar-refractivity contribution in [2.75, 3.05) is 0 Å². The Balaban J connectivity index is 1.74. The minimum absolute atomic E-state index is 0.0536. The van der Waals surface area contributed by atoms with E-state index in [0.717, 1.165) is 17.5 Å². The van der Waals surface area contributed by atoms with Gasteiger partial charge in [0.2, 0.25) is 0 Å². The predicted molar refractivity (Wildman–Crippen MR) is 118 cm³/mol. The quantitative estimate of drug-likeness (QED) is 0.419. The second-order valence-corrected chi connectivity index (χ2v) is 9.72. The smallest absolute Gasteiger partial charge is 0.348 e. The van der Waals surface area contributed by atoms with E-state index in [-0.39, 0.29) is 25.2 Å². The van der Waals surface area contributed by atoms with Gasteiger partial charge in [0.1, 0.15) is 0 Å². The number of phosphoric acid groups is 1. The molecule has 5 nitrogen and oxygen atoms in total. The van der Waals surface area contributed by atoms with E-state index in [0.29, 0.717) is 11.8 Å². The minimum atomic E-state index is -3.86. The van der Waals surface area contributed by atoms with Crippen LogP contribution in [0.3, 0.4) is 0 Å². The maximum Gasteiger partial charge on any atom is 0.477 e. The van der Waals surface area contributed by atoms with Crippen molar-refractivity contribution < 1.29 is 22.9 Å². The fraction of sp³-hybridized carbons (Fsp3) is 0.500. The number of phosphoric ester groups is 1. The SMILES string of the molecule is CCC1O[C@H](OP(=O)(OCc2ccccc2)OCc2ccccc2)C(C)[C@@H](C)[C@@H]1C. The Hall–Kier alpha value is -1.49. The van der Waals surface area contributed by atoms with Crippen molar-refractivity contribution in [3.8, 4) is 0 Å². The highest BCUT2D eigenvalue weighted by Crippen LogP contribution is 2.54. The molecule has 1 heterocycles. The van der Waals surface area contributed by atoms with Crippen molar-refractivity contribution in [2.45, 2.75) is 59.7 Å². The first kappa shape index (κ1) is 23.2. The van der Waals surface area contributed by atoms with Crippen LogP contribution in [-0.4, -0.2) is 12.4 Å². The first-order valence-corrected chi connectivity index (χ1v) is 12.2. The van der Waals surface area contributed by atoms with Crippen LogP contribution in [0.25, 0.3) is 0 Å². The van der Waals surface area contributed by atoms with E-state index in [1.807, 2.05) is 60.7 Å². The van der Waals surface area contributed by atoms with E-state index >= 15 is 0 Å². The highest BCUT2D eigenvalue weighted by Gasteiger charge is 2.43. The largest absolute Gasteiger partial charge is 0.477 e. The molecule has 2 aromatic carbocycles. The van der Waals surface area contributed by atoms with Crippen LogP contribution in [0.2, 0.25) is 0 Å². The molecule has 0 radical (unpaired) electrons. The summed E-state index contributed by atoms with van der Waals surface area (Å²) in [5, 5.41) is 0. The zero-order chi connectivity index (χ0) is 21.6. The second kappa shape index (κ2) is 10.7. The molecule has 1 saturated heterocycles. The Labute approximate surface area is 180 Å². The molecular formula is C24H33O5P. The molecule has 1 aliphatic rings. The van der Waals surface area contributed by atoms with Gasteiger partial charge in [-0.15, -0.1) is 0 Å². The first-order chi connectivity index (χ1) is 14.4. The zero-order valence-corrected chi connectivity index (χ0v) is 19.2. The number of hydrogen-bond acceptors (Lipinski definition) is 5. The molecule has 2 unspecified atom stereocenters. The van der Waals surface area contributed by atoms with Crippen LogP contribution < -0.4 is 0 Å². The van der Waals surface area contributed by atoms with Gasteiger partial charge in [-0.25, -0.2) is 4.57 Å². The van der Waals surface area contributed by atoms with Crippen molar-refractivity contribution in [3.63, 3.8) is 0 Å². The molecule has 0 aliphatic carbocycles. The molecule has 0 amide bonds. The minimum Gasteiger partial charge on any atom is -0.348 e. The summed E-state index contributed by atoms with van der Waals surface area (Å²) in [5.74, 6) is 0.835. The maximum absolute atomic E-state index is 13.6. The number of benzene rings is 2. The molecule has 3 rings (SSSR count). The van der Waals surface area contributed by atoms with E-state index in [1.165, 1.54) is 0 Å². The Morgan fingerprint density at radius 1 is 0.800 bits per heavy atom. The molecular weight excluding hydrogens is 399 g/mol. The summed E-state index contributed by atoms with van der Waals surface area (Å²) in [5.41, 5.74) is 1.80. The lowest BCUT2D eigenvalue weighted by molar-refractivity contribution is -0.219. The van der Waals surface area contributed by atoms with Crippen molar-refractivity contribution in [1.82, 2.24) is 0 Å². The number of ether oxygens (including phenoxy) is 1. The van der Waals surface area contributed by atoms with Gasteiger partial charge in [-0.2, -0.15) is 0 Å². The fourth-order valence-electron chi connectivity index (χ4n) is 3.76. The lowest BCUT2D eigenvalue weighted by atomic mass is 9.78. The van der Waals surface area contributed by atoms with Crippen LogP contribution >= 0.6 is 7.82 Å². The summed E-state index contributed by atoms with van der Waals surface area (Å²) in [6.07, 6.45) is 0.287. The molecule has 0 saturated carbocycles. The molecule has 164 valence electrons. The van der Waals surface area contributed by atoms with Gasteiger partial charge in [0.25, 0.3) is 0 Å². The zero-order valence-electron chi connectivity index (χ0n) is 18.3. The summed E-state index contributed by atoms with van der Waals surface area (Å²) in [7, 11) is -3.86. The van der Waals surface area contributed by atoms with Crippen molar-refractivity contribution in [1.29, 1.82) is 0 Å². The van der Waals surface area contributed by atoms with Crippen LogP contribution in [0.1, 0.15) is 45.2 Å². The molecule has 5 atom stereocenters. The lowest BCUT2D eigenvalue weighted by Crippen LogP contribution is -2.45. The summed E-state index contributed by atoms with van der Waals surface area (Å²) >= 11 is 0. The Kier molecular flexibility index (Phi) is 8.27. The average Bonchev–Trinajstić information content (AvgIpc) is 2.78. The van der Waals surface area contributed by atoms with Crippen molar-refractivity contribution >= 4 is 7.82 Å². The monoisotopic (exact) mass is 432 g/mol. The van der Waals surface area contributed by atoms with Crippen LogP contribution in [0, 0.1) is 17.8 Å². The third-order valence-corrected chi connectivity index (χ3v) is 7.44. The standard InChI is InChI=1S/C24H33O5P/c1-5-23-19(3)18(2)20(4)24(28-23)29-30(25,26-16-21-12-8-6-9-13-21)27-17-22-14-10-7-11-15-22/h6-15,18-20,23-24H,5,16-17H2,1-4H3/t18-,19-,20?,23?,24+/m0/s1. The van der Waals surface area contributed by atoms with Gasteiger partial charge >= 0.3 is 7.82 Å². The lowest BCUT2D eigenvalue weighted by Gasteiger charge is -2.43. The van der Waals surface area contributed by atoms with Gasteiger partial charge < -0.3 is 4.74 Å². The molecule has 0 aromatic heterocycles. The van der Waals surface area contributed by atoms with E-state index in [2.05, 4.69) is 27.7 Å². The third kappa shape index (κ3) is 6.03. The predicted octanol–water partition coefficient (Wildman–Crippen LogP) is 6.59. The number of hydrogen-bond donors (Lipinski definition) is 0. The van der Waals surface area contributed by atoms with Gasteiger partial charge in [-0.3, -0.25) is 13.6 Å². The van der Waals surface area contributed by atoms with Crippen LogP contribution in [0.15, 0.2) is 60.7 Å². The molecule has 30 heavy (non-hydrogen) atoms. The Morgan fingerprint density at radius 3 is 1.77 bits per heavy atom. The van der Waals surface area contributed by atoms with E-state index in [9.17, 15) is 4.57 Å². The molecule has 6 heteroatoms. The highest BCUT2D eigenvalue weighted by atomic mass is 31.2. The molecule has 1 fully saturated rings. The molecule has 0 spiro atoms. The average molecular weight is 432 g/mol. The molecule has 2 aromatic rings. The third-order valence-electron chi connectivity index (χ3n) is 6.08. The topological polar surface area (TPSA) is 54.0 Å². The second-order valence-electron chi connectivity index (χ2n) is 8.10. The van der Waals surface area contributed by atoms with Crippen LogP contribution in [0.5, 0.6) is 0 Å². The molecule has 1 aliphatic heterocycles. The van der Waals surface area contributed by atoms with Gasteiger partial charge in [-0.05, 0) is 29.4 Å². The fourth-order valence-corrected chi connectivity index (χ4v) is 5.06. The highest BCUT2D eigenvalue weighted by molar-refractivity contribution is 7.48. The molecule has 0 N–H and O–H groups in total. The summed E-state index contributed by atoms with van der Waals surface area (Å²) < 4.78 is 37.3. The summed E-state index contributed by atoms with van der Waals surface area (Å²) in [6.45, 7) is 8.82. The number of rotatable bonds is 9. The van der Waals surface area contributed by atoms with Gasteiger partial charge in [0.15, 0.2) is 6.29 Å². The normalized spacial score (nSPS) is 27.1. The van der Waals surface area contributed by atoms with Gasteiger partial charge in [0, 0.05) is 5.92 Å². The summed E-state index contributed by atoms with van der Waals surface area (Å²) in [6, 6.07) is 19.2. The Morgan fingerprint density at radius 2 is 1.30 bits per heavy atom. The van der Waals surface area contributed by atoms with Gasteiger partial charge in [0.05, 0.1) is 19.3 Å². The summed E-state index contributed by atoms with van der Waals surface area (Å²) in [4.78, 5) is 0. The van der Waals surface area contributed by atoms with Crippen LogP contribution in [-0.2, 0) is 36.1 Å². The van der Waals surface area contributed by atoms with E-state index in [4.69, 9.17) is 18.3 Å². The maximum atomic E-state index is 13.6. The van der Waals surface area contributed by atoms with E-state index < -0.39 is 14.1 Å². The van der Waals surface area contributed by atoms with Crippen molar-refractivity contribution in [3.05, 3.63) is 71.8 Å². The Bertz CT molecular complexity index is 763. The van der Waals surface area contributed by atoms with E-state index in [1.54, 1.807) is 0 Å². The van der Waals surface area contributed by atoms with Gasteiger partial charge in [-0.1, -0.05) is 88.4 Å². The first-order valence-electron chi connectivity index (χ1n) is 10.7. The molecule has 0 bridgehead atoms. The van der Waals surface area contributed by atoms with Crippen molar-refractivity contribution in [2.24, 2.45) is 17.8 Å². The van der Waals surface area contributed by atoms with Crippen LogP contribution in [0.4, 0.5) is 0 Å².